The maximum atomic E-state index is 14.0. The van der Waals surface area contributed by atoms with Crippen LogP contribution in [0, 0.1) is 12.8 Å². The second-order valence-corrected chi connectivity index (χ2v) is 12.7. The molecule has 2 aliphatic heterocycles. The quantitative estimate of drug-likeness (QED) is 0.238. The maximum Gasteiger partial charge on any atom is 0.416 e. The van der Waals surface area contributed by atoms with E-state index in [-0.39, 0.29) is 16.5 Å². The molecule has 1 aromatic heterocycles. The molecule has 8 nitrogen and oxygen atoms in total. The molecule has 3 amide bonds. The van der Waals surface area contributed by atoms with Crippen LogP contribution in [0.15, 0.2) is 76.6 Å². The largest absolute Gasteiger partial charge is 0.483 e. The van der Waals surface area contributed by atoms with Crippen molar-refractivity contribution in [3.8, 4) is 5.75 Å². The number of fused-ring (bicyclic) bond motifs is 2. The van der Waals surface area contributed by atoms with Gasteiger partial charge in [0.05, 0.1) is 22.2 Å². The van der Waals surface area contributed by atoms with Crippen molar-refractivity contribution < 1.29 is 32.3 Å². The fourth-order valence-electron chi connectivity index (χ4n) is 5.36. The molecule has 14 heteroatoms. The van der Waals surface area contributed by atoms with Gasteiger partial charge in [0.1, 0.15) is 11.0 Å². The molecule has 6 rings (SSSR count). The summed E-state index contributed by atoms with van der Waals surface area (Å²) in [5.74, 6) is -3.74. The zero-order valence-corrected chi connectivity index (χ0v) is 25.0. The number of ether oxygens (including phenoxy) is 1. The number of hydrogen-bond acceptors (Lipinski definition) is 7. The van der Waals surface area contributed by atoms with Gasteiger partial charge in [-0.05, 0) is 55.0 Å². The zero-order valence-electron chi connectivity index (χ0n) is 22.6. The molecule has 4 aromatic rings. The number of halogens is 4. The number of thioether (sulfide) groups is 1. The lowest BCUT2D eigenvalue weighted by Gasteiger charge is -2.31. The monoisotopic (exact) mass is 659 g/mol. The third kappa shape index (κ3) is 5.51. The number of rotatable bonds is 6. The summed E-state index contributed by atoms with van der Waals surface area (Å²) in [6.07, 6.45) is -4.69. The van der Waals surface area contributed by atoms with Gasteiger partial charge in [-0.2, -0.15) is 13.2 Å². The minimum atomic E-state index is -4.69. The van der Waals surface area contributed by atoms with Crippen LogP contribution in [-0.2, 0) is 20.6 Å². The van der Waals surface area contributed by atoms with E-state index in [0.29, 0.717) is 21.2 Å². The van der Waals surface area contributed by atoms with Gasteiger partial charge in [0.25, 0.3) is 5.91 Å². The second kappa shape index (κ2) is 11.5. The van der Waals surface area contributed by atoms with Crippen LogP contribution in [0.5, 0.6) is 5.75 Å². The third-order valence-electron chi connectivity index (χ3n) is 7.34. The minimum absolute atomic E-state index is 0.189. The van der Waals surface area contributed by atoms with Crippen molar-refractivity contribution in [2.75, 3.05) is 16.8 Å². The number of thiazole rings is 1. The molecule has 0 saturated carbocycles. The molecule has 3 unspecified atom stereocenters. The SMILES string of the molecule is Cc1ccccc1NC(=O)COc1ccc(Cl)cc1C1c2sc(=O)[nH]c2SC2C(=O)N(c3cccc(C(F)(F)F)c3)C(=O)C21. The number of para-hydroxylation sites is 1. The number of nitrogens with one attached hydrogen (secondary N) is 2. The number of aryl methyl sites for hydroxylation is 1. The lowest BCUT2D eigenvalue weighted by Crippen LogP contribution is -2.32. The van der Waals surface area contributed by atoms with Gasteiger partial charge >= 0.3 is 11.0 Å². The highest BCUT2D eigenvalue weighted by Gasteiger charge is 2.57. The molecule has 0 spiro atoms. The van der Waals surface area contributed by atoms with E-state index in [1.54, 1.807) is 12.1 Å². The number of hydrogen-bond donors (Lipinski definition) is 2. The molecular weight excluding hydrogens is 639 g/mol. The van der Waals surface area contributed by atoms with Crippen molar-refractivity contribution in [1.82, 2.24) is 4.98 Å². The predicted octanol–water partition coefficient (Wildman–Crippen LogP) is 6.23. The van der Waals surface area contributed by atoms with Gasteiger partial charge in [-0.3, -0.25) is 19.2 Å². The average molecular weight is 660 g/mol. The van der Waals surface area contributed by atoms with Crippen molar-refractivity contribution in [2.24, 2.45) is 5.92 Å². The van der Waals surface area contributed by atoms with Crippen molar-refractivity contribution in [1.29, 1.82) is 0 Å². The van der Waals surface area contributed by atoms with Crippen molar-refractivity contribution in [3.63, 3.8) is 0 Å². The summed E-state index contributed by atoms with van der Waals surface area (Å²) in [7, 11) is 0. The average Bonchev–Trinajstić information content (AvgIpc) is 3.47. The fraction of sp³-hybridized carbons (Fsp3) is 0.200. The fourth-order valence-corrected chi connectivity index (χ4v) is 8.05. The van der Waals surface area contributed by atoms with Gasteiger partial charge in [0.2, 0.25) is 11.8 Å². The summed E-state index contributed by atoms with van der Waals surface area (Å²) in [6, 6.07) is 15.8. The number of carbonyl (C=O) groups excluding carboxylic acids is 3. The summed E-state index contributed by atoms with van der Waals surface area (Å²) in [4.78, 5) is 56.4. The first-order chi connectivity index (χ1) is 20.9. The van der Waals surface area contributed by atoms with Gasteiger partial charge in [0, 0.05) is 27.1 Å². The van der Waals surface area contributed by atoms with Crippen LogP contribution in [0.1, 0.15) is 27.5 Å². The van der Waals surface area contributed by atoms with E-state index < -0.39 is 58.0 Å². The highest BCUT2D eigenvalue weighted by molar-refractivity contribution is 8.00. The number of nitrogens with zero attached hydrogens (tertiary/aromatic N) is 1. The van der Waals surface area contributed by atoms with Crippen LogP contribution in [0.4, 0.5) is 24.5 Å². The Hall–Kier alpha value is -4.07. The Morgan fingerprint density at radius 3 is 2.57 bits per heavy atom. The Labute approximate surface area is 261 Å². The highest BCUT2D eigenvalue weighted by atomic mass is 35.5. The lowest BCUT2D eigenvalue weighted by atomic mass is 9.82. The summed E-state index contributed by atoms with van der Waals surface area (Å²) in [5.41, 5.74) is 0.586. The van der Waals surface area contributed by atoms with E-state index in [1.807, 2.05) is 19.1 Å². The number of H-pyrrole nitrogens is 1. The highest BCUT2D eigenvalue weighted by Crippen LogP contribution is 2.55. The number of benzene rings is 3. The first-order valence-electron chi connectivity index (χ1n) is 13.1. The molecule has 1 fully saturated rings. The van der Waals surface area contributed by atoms with Crippen LogP contribution in [0.2, 0.25) is 5.02 Å². The Balaban J connectivity index is 1.37. The molecule has 0 bridgehead atoms. The van der Waals surface area contributed by atoms with E-state index in [0.717, 1.165) is 51.8 Å². The summed E-state index contributed by atoms with van der Waals surface area (Å²) in [6.45, 7) is 1.44. The summed E-state index contributed by atoms with van der Waals surface area (Å²) in [5, 5.41) is 2.34. The first kappa shape index (κ1) is 30.0. The second-order valence-electron chi connectivity index (χ2n) is 10.1. The lowest BCUT2D eigenvalue weighted by molar-refractivity contribution is -0.137. The molecule has 3 atom stereocenters. The Morgan fingerprint density at radius 1 is 1.05 bits per heavy atom. The van der Waals surface area contributed by atoms with Gasteiger partial charge < -0.3 is 15.0 Å². The van der Waals surface area contributed by atoms with Gasteiger partial charge in [-0.25, -0.2) is 4.90 Å². The zero-order chi connectivity index (χ0) is 31.3. The Morgan fingerprint density at radius 2 is 1.82 bits per heavy atom. The van der Waals surface area contributed by atoms with E-state index >= 15 is 0 Å². The molecule has 44 heavy (non-hydrogen) atoms. The Kier molecular flexibility index (Phi) is 7.80. The predicted molar refractivity (Wildman–Crippen MR) is 161 cm³/mol. The van der Waals surface area contributed by atoms with E-state index in [9.17, 15) is 32.3 Å². The molecule has 2 N–H and O–H groups in total. The molecule has 0 radical (unpaired) electrons. The number of amides is 3. The van der Waals surface area contributed by atoms with Gasteiger partial charge in [-0.1, -0.05) is 59.0 Å². The van der Waals surface area contributed by atoms with Gasteiger partial charge in [0.15, 0.2) is 6.61 Å². The number of aromatic nitrogens is 1. The van der Waals surface area contributed by atoms with Crippen molar-refractivity contribution in [3.05, 3.63) is 103 Å². The normalized spacial score (nSPS) is 19.5. The molecule has 2 aliphatic rings. The topological polar surface area (TPSA) is 109 Å². The van der Waals surface area contributed by atoms with Crippen LogP contribution in [0.25, 0.3) is 0 Å². The van der Waals surface area contributed by atoms with Crippen molar-refractivity contribution in [2.45, 2.75) is 29.3 Å². The molecule has 1 saturated heterocycles. The summed E-state index contributed by atoms with van der Waals surface area (Å²) < 4.78 is 46.4. The third-order valence-corrected chi connectivity index (χ3v) is 9.98. The number of imide groups is 1. The maximum absolute atomic E-state index is 14.0. The van der Waals surface area contributed by atoms with Gasteiger partial charge in [-0.15, -0.1) is 0 Å². The van der Waals surface area contributed by atoms with E-state index in [2.05, 4.69) is 10.3 Å². The van der Waals surface area contributed by atoms with Crippen LogP contribution < -0.4 is 19.8 Å². The molecule has 3 aromatic carbocycles. The Bertz CT molecular complexity index is 1870. The van der Waals surface area contributed by atoms with Crippen LogP contribution in [-0.4, -0.2) is 34.6 Å². The molecule has 226 valence electrons. The van der Waals surface area contributed by atoms with Crippen LogP contribution >= 0.6 is 34.7 Å². The van der Waals surface area contributed by atoms with Crippen molar-refractivity contribution >= 4 is 63.8 Å². The number of anilines is 2. The number of alkyl halides is 3. The molecule has 0 aliphatic carbocycles. The summed E-state index contributed by atoms with van der Waals surface area (Å²) >= 11 is 8.20. The number of carbonyl (C=O) groups is 3. The molecular formula is C30H21ClF3N3O5S2. The standard InChI is InChI=1S/C30H21ClF3N3O5S2/c1-14-5-2-3-8-19(14)35-21(38)13-42-20-10-9-16(31)12-18(20)22-23-25(43-26-24(22)44-29(41)36-26)28(40)37(27(23)39)17-7-4-6-15(11-17)30(32,33)34/h2-12,22-23,25H,13H2,1H3,(H,35,38)(H,36,41). The van der Waals surface area contributed by atoms with Crippen LogP contribution in [0.3, 0.4) is 0 Å². The van der Waals surface area contributed by atoms with E-state index in [4.69, 9.17) is 16.3 Å². The number of aromatic amines is 1. The minimum Gasteiger partial charge on any atom is -0.483 e. The molecule has 3 heterocycles. The first-order valence-corrected chi connectivity index (χ1v) is 15.2. The smallest absolute Gasteiger partial charge is 0.416 e. The van der Waals surface area contributed by atoms with E-state index in [1.165, 1.54) is 24.3 Å².